The molecule has 190 valence electrons. The van der Waals surface area contributed by atoms with E-state index in [4.69, 9.17) is 10.7 Å². The van der Waals surface area contributed by atoms with Crippen LogP contribution in [0.25, 0.3) is 10.4 Å². The van der Waals surface area contributed by atoms with E-state index in [9.17, 15) is 5.11 Å². The Morgan fingerprint density at radius 2 is 2.00 bits per heavy atom. The van der Waals surface area contributed by atoms with Crippen LogP contribution in [-0.4, -0.2) is 45.7 Å². The quantitative estimate of drug-likeness (QED) is 0.377. The number of pyridine rings is 1. The number of likely N-dealkylation sites (tertiary alicyclic amines) is 1. The van der Waals surface area contributed by atoms with Crippen LogP contribution in [0, 0.1) is 17.8 Å². The predicted molar refractivity (Wildman–Crippen MR) is 150 cm³/mol. The first-order chi connectivity index (χ1) is 17.2. The average molecular weight is 504 g/mol. The van der Waals surface area contributed by atoms with Gasteiger partial charge < -0.3 is 21.1 Å². The summed E-state index contributed by atoms with van der Waals surface area (Å²) in [5.74, 6) is 7.54. The molecule has 4 N–H and O–H groups in total. The molecular weight excluding hydrogens is 466 g/mol. The van der Waals surface area contributed by atoms with Crippen molar-refractivity contribution in [3.05, 3.63) is 58.9 Å². The van der Waals surface area contributed by atoms with Crippen molar-refractivity contribution in [1.82, 2.24) is 14.9 Å². The number of nitrogens with one attached hydrogen (secondary N) is 1. The number of hydrogen-bond acceptors (Lipinski definition) is 7. The lowest BCUT2D eigenvalue weighted by molar-refractivity contribution is 0.0976. The van der Waals surface area contributed by atoms with Crippen molar-refractivity contribution < 1.29 is 5.11 Å². The Bertz CT molecular complexity index is 1230. The second-order valence-corrected chi connectivity index (χ2v) is 11.5. The average Bonchev–Trinajstić information content (AvgIpc) is 3.33. The van der Waals surface area contributed by atoms with E-state index in [-0.39, 0.29) is 0 Å². The fraction of sp³-hybridized carbons (Fsp3) is 0.448. The third-order valence-corrected chi connectivity index (χ3v) is 7.70. The fourth-order valence-corrected chi connectivity index (χ4v) is 5.69. The summed E-state index contributed by atoms with van der Waals surface area (Å²) in [5.41, 5.74) is 8.99. The molecule has 1 aliphatic heterocycles. The van der Waals surface area contributed by atoms with Gasteiger partial charge in [0.2, 0.25) is 0 Å². The van der Waals surface area contributed by atoms with E-state index >= 15 is 0 Å². The Balaban J connectivity index is 1.43. The second-order valence-electron chi connectivity index (χ2n) is 10.5. The minimum Gasteiger partial charge on any atom is -0.382 e. The van der Waals surface area contributed by atoms with E-state index in [0.717, 1.165) is 53.2 Å². The lowest BCUT2D eigenvalue weighted by atomic mass is 9.94. The number of aromatic nitrogens is 2. The SMILES string of the molecule is CC(C)CC(C)(O)C#Cc1cccc(CNc2cc(-c3cnc(C4CCN(C)CC4)s3)cnc2N)c1. The van der Waals surface area contributed by atoms with E-state index in [1.54, 1.807) is 18.3 Å². The molecule has 0 saturated carbocycles. The van der Waals surface area contributed by atoms with Gasteiger partial charge in [-0.15, -0.1) is 11.3 Å². The number of thiazole rings is 1. The van der Waals surface area contributed by atoms with Crippen LogP contribution < -0.4 is 11.1 Å². The van der Waals surface area contributed by atoms with Crippen LogP contribution in [-0.2, 0) is 6.54 Å². The van der Waals surface area contributed by atoms with Gasteiger partial charge in [0.15, 0.2) is 0 Å². The molecule has 7 heteroatoms. The van der Waals surface area contributed by atoms with Gasteiger partial charge in [0.1, 0.15) is 11.4 Å². The Morgan fingerprint density at radius 1 is 1.22 bits per heavy atom. The fourth-order valence-electron chi connectivity index (χ4n) is 4.63. The van der Waals surface area contributed by atoms with Gasteiger partial charge in [-0.25, -0.2) is 9.97 Å². The zero-order valence-electron chi connectivity index (χ0n) is 21.7. The number of benzene rings is 1. The number of nitrogens with two attached hydrogens (primary N) is 1. The molecule has 3 aromatic rings. The van der Waals surface area contributed by atoms with Crippen molar-refractivity contribution in [3.63, 3.8) is 0 Å². The monoisotopic (exact) mass is 503 g/mol. The molecule has 1 atom stereocenters. The van der Waals surface area contributed by atoms with E-state index in [2.05, 4.69) is 60.1 Å². The van der Waals surface area contributed by atoms with E-state index in [1.165, 1.54) is 5.01 Å². The topological polar surface area (TPSA) is 87.3 Å². The predicted octanol–water partition coefficient (Wildman–Crippen LogP) is 5.36. The summed E-state index contributed by atoms with van der Waals surface area (Å²) in [7, 11) is 2.18. The van der Waals surface area contributed by atoms with Gasteiger partial charge in [-0.1, -0.05) is 37.8 Å². The molecule has 4 rings (SSSR count). The highest BCUT2D eigenvalue weighted by molar-refractivity contribution is 7.15. The standard InChI is InChI=1S/C29H37N5OS/c1-20(2)16-29(3,35)11-8-21-6-5-7-22(14-21)17-31-25-15-24(18-32-27(25)30)26-19-33-28(36-26)23-9-12-34(4)13-10-23/h5-7,14-15,18-20,23,31,35H,9-10,12-13,16-17H2,1-4H3,(H2,30,32). The van der Waals surface area contributed by atoms with Gasteiger partial charge in [-0.05, 0) is 76.0 Å². The first kappa shape index (κ1) is 26.2. The largest absolute Gasteiger partial charge is 0.382 e. The number of rotatable bonds is 7. The van der Waals surface area contributed by atoms with Crippen molar-refractivity contribution in [2.45, 2.75) is 58.1 Å². The molecule has 1 aliphatic rings. The van der Waals surface area contributed by atoms with Gasteiger partial charge >= 0.3 is 0 Å². The first-order valence-electron chi connectivity index (χ1n) is 12.7. The number of piperidine rings is 1. The molecule has 0 amide bonds. The summed E-state index contributed by atoms with van der Waals surface area (Å²) >= 11 is 1.76. The summed E-state index contributed by atoms with van der Waals surface area (Å²) < 4.78 is 0. The molecule has 2 aromatic heterocycles. The van der Waals surface area contributed by atoms with Crippen LogP contribution in [0.15, 0.2) is 42.7 Å². The summed E-state index contributed by atoms with van der Waals surface area (Å²) in [5, 5.41) is 15.1. The third-order valence-electron chi connectivity index (χ3n) is 6.49. The molecule has 1 saturated heterocycles. The molecule has 36 heavy (non-hydrogen) atoms. The van der Waals surface area contributed by atoms with Crippen molar-refractivity contribution in [2.75, 3.05) is 31.2 Å². The number of nitrogens with zero attached hydrogens (tertiary/aromatic N) is 3. The van der Waals surface area contributed by atoms with Crippen LogP contribution in [0.4, 0.5) is 11.5 Å². The highest BCUT2D eigenvalue weighted by Gasteiger charge is 2.22. The molecule has 1 unspecified atom stereocenters. The first-order valence-corrected chi connectivity index (χ1v) is 13.5. The van der Waals surface area contributed by atoms with Crippen molar-refractivity contribution in [3.8, 4) is 22.3 Å². The van der Waals surface area contributed by atoms with Crippen LogP contribution in [0.1, 0.15) is 62.1 Å². The van der Waals surface area contributed by atoms with Crippen molar-refractivity contribution in [2.24, 2.45) is 5.92 Å². The second kappa shape index (κ2) is 11.4. The lowest BCUT2D eigenvalue weighted by Crippen LogP contribution is -2.29. The Kier molecular flexibility index (Phi) is 8.30. The minimum atomic E-state index is -0.993. The molecule has 0 spiro atoms. The summed E-state index contributed by atoms with van der Waals surface area (Å²) in [6.07, 6.45) is 6.75. The molecule has 0 aliphatic carbocycles. The zero-order valence-corrected chi connectivity index (χ0v) is 22.5. The van der Waals surface area contributed by atoms with Gasteiger partial charge in [0, 0.05) is 36.0 Å². The number of anilines is 2. The Labute approximate surface area is 219 Å². The highest BCUT2D eigenvalue weighted by Crippen LogP contribution is 2.35. The van der Waals surface area contributed by atoms with Crippen LogP contribution >= 0.6 is 11.3 Å². The normalized spacial score (nSPS) is 16.4. The van der Waals surface area contributed by atoms with Crippen molar-refractivity contribution in [1.29, 1.82) is 0 Å². The maximum absolute atomic E-state index is 10.5. The van der Waals surface area contributed by atoms with Gasteiger partial charge in [-0.2, -0.15) is 0 Å². The Morgan fingerprint density at radius 3 is 2.75 bits per heavy atom. The molecule has 1 fully saturated rings. The molecular formula is C29H37N5OS. The lowest BCUT2D eigenvalue weighted by Gasteiger charge is -2.27. The summed E-state index contributed by atoms with van der Waals surface area (Å²) in [4.78, 5) is 12.7. The molecule has 6 nitrogen and oxygen atoms in total. The molecule has 1 aromatic carbocycles. The number of hydrogen-bond donors (Lipinski definition) is 3. The van der Waals surface area contributed by atoms with Crippen LogP contribution in [0.3, 0.4) is 0 Å². The highest BCUT2D eigenvalue weighted by atomic mass is 32.1. The van der Waals surface area contributed by atoms with Gasteiger partial charge in [0.25, 0.3) is 0 Å². The van der Waals surface area contributed by atoms with E-state index in [1.807, 2.05) is 30.6 Å². The number of aliphatic hydroxyl groups is 1. The minimum absolute atomic E-state index is 0.380. The smallest absolute Gasteiger partial charge is 0.146 e. The van der Waals surface area contributed by atoms with Crippen LogP contribution in [0.5, 0.6) is 0 Å². The van der Waals surface area contributed by atoms with E-state index in [0.29, 0.717) is 30.6 Å². The third kappa shape index (κ3) is 7.07. The van der Waals surface area contributed by atoms with Gasteiger partial charge in [0.05, 0.1) is 15.6 Å². The molecule has 0 radical (unpaired) electrons. The van der Waals surface area contributed by atoms with E-state index < -0.39 is 5.60 Å². The summed E-state index contributed by atoms with van der Waals surface area (Å²) in [6.45, 7) is 8.79. The summed E-state index contributed by atoms with van der Waals surface area (Å²) in [6, 6.07) is 10.1. The Hall–Kier alpha value is -2.92. The molecule has 0 bridgehead atoms. The zero-order chi connectivity index (χ0) is 25.7. The van der Waals surface area contributed by atoms with Gasteiger partial charge in [-0.3, -0.25) is 0 Å². The number of nitrogen functional groups attached to an aromatic ring is 1. The molecule has 3 heterocycles. The van der Waals surface area contributed by atoms with Crippen LogP contribution in [0.2, 0.25) is 0 Å². The maximum Gasteiger partial charge on any atom is 0.146 e. The maximum atomic E-state index is 10.5. The van der Waals surface area contributed by atoms with Crippen molar-refractivity contribution >= 4 is 22.8 Å².